The van der Waals surface area contributed by atoms with Crippen LogP contribution in [0.3, 0.4) is 0 Å². The second kappa shape index (κ2) is 10.3. The fourth-order valence-electron chi connectivity index (χ4n) is 4.81. The number of amides is 2. The zero-order chi connectivity index (χ0) is 22.5. The summed E-state index contributed by atoms with van der Waals surface area (Å²) >= 11 is 6.11. The topological polar surface area (TPSA) is 67.9 Å². The smallest absolute Gasteiger partial charge is 0.262 e. The van der Waals surface area contributed by atoms with Crippen LogP contribution in [-0.4, -0.2) is 43.5 Å². The zero-order valence-electron chi connectivity index (χ0n) is 18.3. The second-order valence-electron chi connectivity index (χ2n) is 8.53. The lowest BCUT2D eigenvalue weighted by atomic mass is 9.75. The first-order valence-electron chi connectivity index (χ1n) is 11.2. The predicted octanol–water partition coefficient (Wildman–Crippen LogP) is 5.02. The van der Waals surface area contributed by atoms with Crippen molar-refractivity contribution in [2.24, 2.45) is 11.8 Å². The molecule has 1 aliphatic heterocycles. The van der Waals surface area contributed by atoms with Crippen molar-refractivity contribution in [1.29, 1.82) is 0 Å². The van der Waals surface area contributed by atoms with E-state index >= 15 is 0 Å². The summed E-state index contributed by atoms with van der Waals surface area (Å²) < 4.78 is 10.9. The van der Waals surface area contributed by atoms with E-state index in [1.54, 1.807) is 36.4 Å². The molecule has 1 aliphatic carbocycles. The van der Waals surface area contributed by atoms with E-state index in [0.717, 1.165) is 25.4 Å². The van der Waals surface area contributed by atoms with Crippen molar-refractivity contribution in [3.63, 3.8) is 0 Å². The van der Waals surface area contributed by atoms with Crippen LogP contribution in [0.15, 0.2) is 42.5 Å². The summed E-state index contributed by atoms with van der Waals surface area (Å²) in [5.41, 5.74) is 1.05. The predicted molar refractivity (Wildman–Crippen MR) is 125 cm³/mol. The Labute approximate surface area is 193 Å². The lowest BCUT2D eigenvalue weighted by Crippen LogP contribution is -2.44. The van der Waals surface area contributed by atoms with E-state index in [0.29, 0.717) is 33.7 Å². The van der Waals surface area contributed by atoms with E-state index in [2.05, 4.69) is 5.32 Å². The van der Waals surface area contributed by atoms with Gasteiger partial charge in [-0.05, 0) is 55.0 Å². The number of likely N-dealkylation sites (tertiary alicyclic amines) is 1. The molecule has 1 saturated carbocycles. The molecular weight excluding hydrogens is 428 g/mol. The van der Waals surface area contributed by atoms with Gasteiger partial charge in [0.25, 0.3) is 11.8 Å². The molecule has 32 heavy (non-hydrogen) atoms. The Kier molecular flexibility index (Phi) is 7.20. The van der Waals surface area contributed by atoms with Crippen molar-refractivity contribution >= 4 is 29.1 Å². The summed E-state index contributed by atoms with van der Waals surface area (Å²) in [7, 11) is 1.53. The van der Waals surface area contributed by atoms with E-state index in [1.807, 2.05) is 11.0 Å². The number of hydrogen-bond acceptors (Lipinski definition) is 4. The molecule has 1 saturated heterocycles. The van der Waals surface area contributed by atoms with Crippen LogP contribution in [0.2, 0.25) is 5.02 Å². The van der Waals surface area contributed by atoms with Crippen LogP contribution in [0, 0.1) is 11.8 Å². The average Bonchev–Trinajstić information content (AvgIpc) is 2.82. The van der Waals surface area contributed by atoms with Crippen LogP contribution in [0.4, 0.5) is 5.69 Å². The van der Waals surface area contributed by atoms with Gasteiger partial charge < -0.3 is 19.7 Å². The number of piperidine rings is 1. The first-order valence-corrected chi connectivity index (χ1v) is 11.6. The first kappa shape index (κ1) is 22.5. The van der Waals surface area contributed by atoms with Crippen molar-refractivity contribution in [2.75, 3.05) is 32.1 Å². The molecule has 0 bridgehead atoms. The number of benzene rings is 2. The molecule has 2 aromatic rings. The van der Waals surface area contributed by atoms with Crippen LogP contribution in [0.25, 0.3) is 0 Å². The number of anilines is 1. The molecule has 2 amide bonds. The van der Waals surface area contributed by atoms with Gasteiger partial charge in [0, 0.05) is 18.8 Å². The molecule has 0 unspecified atom stereocenters. The van der Waals surface area contributed by atoms with E-state index in [1.165, 1.54) is 32.8 Å². The molecule has 2 atom stereocenters. The Hall–Kier alpha value is -2.73. The fraction of sp³-hybridized carbons (Fsp3) is 0.440. The van der Waals surface area contributed by atoms with Gasteiger partial charge in [0.05, 0.1) is 17.7 Å². The Morgan fingerprint density at radius 1 is 1.06 bits per heavy atom. The highest BCUT2D eigenvalue weighted by molar-refractivity contribution is 6.32. The standard InChI is InChI=1S/C25H29ClN2O4/c1-31-23-11-10-19(14-21(23)26)27-24(29)16-32-22-9-5-4-8-20(22)25(30)28-13-12-17-6-2-3-7-18(17)15-28/h4-5,8-11,14,17-18H,2-3,6-7,12-13,15-16H2,1H3,(H,27,29)/t17-,18-/m1/s1. The molecule has 0 spiro atoms. The zero-order valence-corrected chi connectivity index (χ0v) is 19.1. The molecule has 170 valence electrons. The van der Waals surface area contributed by atoms with Crippen LogP contribution in [-0.2, 0) is 4.79 Å². The van der Waals surface area contributed by atoms with Gasteiger partial charge in [-0.3, -0.25) is 9.59 Å². The Balaban J connectivity index is 1.37. The molecule has 0 radical (unpaired) electrons. The van der Waals surface area contributed by atoms with E-state index in [9.17, 15) is 9.59 Å². The fourth-order valence-corrected chi connectivity index (χ4v) is 5.07. The van der Waals surface area contributed by atoms with Crippen molar-refractivity contribution in [2.45, 2.75) is 32.1 Å². The first-order chi connectivity index (χ1) is 15.5. The third kappa shape index (κ3) is 5.18. The summed E-state index contributed by atoms with van der Waals surface area (Å²) in [4.78, 5) is 27.6. The van der Waals surface area contributed by atoms with Gasteiger partial charge in [0.2, 0.25) is 0 Å². The monoisotopic (exact) mass is 456 g/mol. The minimum absolute atomic E-state index is 0.0213. The van der Waals surface area contributed by atoms with E-state index in [-0.39, 0.29) is 18.4 Å². The lowest BCUT2D eigenvalue weighted by Gasteiger charge is -2.41. The van der Waals surface area contributed by atoms with Gasteiger partial charge in [0.15, 0.2) is 6.61 Å². The van der Waals surface area contributed by atoms with Gasteiger partial charge in [-0.15, -0.1) is 0 Å². The number of nitrogens with one attached hydrogen (secondary N) is 1. The molecule has 0 aromatic heterocycles. The number of halogens is 1. The van der Waals surface area contributed by atoms with Gasteiger partial charge >= 0.3 is 0 Å². The molecular formula is C25H29ClN2O4. The summed E-state index contributed by atoms with van der Waals surface area (Å²) in [5.74, 6) is 1.96. The van der Waals surface area contributed by atoms with Crippen LogP contribution >= 0.6 is 11.6 Å². The largest absolute Gasteiger partial charge is 0.495 e. The third-order valence-corrected chi connectivity index (χ3v) is 6.79. The van der Waals surface area contributed by atoms with Crippen molar-refractivity contribution in [3.05, 3.63) is 53.1 Å². The molecule has 2 aromatic carbocycles. The van der Waals surface area contributed by atoms with Gasteiger partial charge in [0.1, 0.15) is 11.5 Å². The van der Waals surface area contributed by atoms with Gasteiger partial charge in [-0.1, -0.05) is 43.0 Å². The number of para-hydroxylation sites is 1. The van der Waals surface area contributed by atoms with Crippen LogP contribution < -0.4 is 14.8 Å². The summed E-state index contributed by atoms with van der Waals surface area (Å²) in [5, 5.41) is 3.15. The molecule has 1 heterocycles. The maximum Gasteiger partial charge on any atom is 0.262 e. The number of hydrogen-bond donors (Lipinski definition) is 1. The molecule has 6 nitrogen and oxygen atoms in total. The minimum Gasteiger partial charge on any atom is -0.495 e. The number of carbonyl (C=O) groups is 2. The second-order valence-corrected chi connectivity index (χ2v) is 8.93. The summed E-state index contributed by atoms with van der Waals surface area (Å²) in [6.07, 6.45) is 6.16. The van der Waals surface area contributed by atoms with Crippen molar-refractivity contribution < 1.29 is 19.1 Å². The maximum absolute atomic E-state index is 13.2. The number of methoxy groups -OCH3 is 1. The highest BCUT2D eigenvalue weighted by Crippen LogP contribution is 2.37. The molecule has 4 rings (SSSR count). The summed E-state index contributed by atoms with van der Waals surface area (Å²) in [6, 6.07) is 12.1. The highest BCUT2D eigenvalue weighted by atomic mass is 35.5. The number of carbonyl (C=O) groups excluding carboxylic acids is 2. The molecule has 2 aliphatic rings. The van der Waals surface area contributed by atoms with Crippen molar-refractivity contribution in [3.8, 4) is 11.5 Å². The minimum atomic E-state index is -0.337. The Morgan fingerprint density at radius 3 is 2.62 bits per heavy atom. The number of fused-ring (bicyclic) bond motifs is 1. The van der Waals surface area contributed by atoms with Gasteiger partial charge in [-0.2, -0.15) is 0 Å². The number of ether oxygens (including phenoxy) is 2. The molecule has 7 heteroatoms. The maximum atomic E-state index is 13.2. The Bertz CT molecular complexity index is 980. The normalized spacial score (nSPS) is 20.2. The molecule has 2 fully saturated rings. The van der Waals surface area contributed by atoms with Crippen molar-refractivity contribution in [1.82, 2.24) is 4.90 Å². The Morgan fingerprint density at radius 2 is 1.84 bits per heavy atom. The van der Waals surface area contributed by atoms with Crippen LogP contribution in [0.5, 0.6) is 11.5 Å². The number of nitrogens with zero attached hydrogens (tertiary/aromatic N) is 1. The lowest BCUT2D eigenvalue weighted by molar-refractivity contribution is -0.118. The molecule has 1 N–H and O–H groups in total. The quantitative estimate of drug-likeness (QED) is 0.662. The van der Waals surface area contributed by atoms with Gasteiger partial charge in [-0.25, -0.2) is 0 Å². The number of rotatable bonds is 6. The van der Waals surface area contributed by atoms with Crippen LogP contribution in [0.1, 0.15) is 42.5 Å². The third-order valence-electron chi connectivity index (χ3n) is 6.49. The highest BCUT2D eigenvalue weighted by Gasteiger charge is 2.33. The SMILES string of the molecule is COc1ccc(NC(=O)COc2ccccc2C(=O)N2CC[C@H]3CCCC[C@@H]3C2)cc1Cl. The summed E-state index contributed by atoms with van der Waals surface area (Å²) in [6.45, 7) is 1.39. The van der Waals surface area contributed by atoms with E-state index in [4.69, 9.17) is 21.1 Å². The average molecular weight is 457 g/mol. The van der Waals surface area contributed by atoms with E-state index < -0.39 is 0 Å².